The van der Waals surface area contributed by atoms with Crippen molar-refractivity contribution in [2.75, 3.05) is 6.61 Å². The summed E-state index contributed by atoms with van der Waals surface area (Å²) in [7, 11) is 0. The van der Waals surface area contributed by atoms with E-state index in [2.05, 4.69) is 19.2 Å². The Morgan fingerprint density at radius 2 is 2.00 bits per heavy atom. The Kier molecular flexibility index (Phi) is 4.36. The first-order chi connectivity index (χ1) is 8.63. The second-order valence-corrected chi connectivity index (χ2v) is 5.54. The molecule has 1 fully saturated rings. The van der Waals surface area contributed by atoms with Crippen molar-refractivity contribution in [2.24, 2.45) is 11.8 Å². The maximum absolute atomic E-state index is 13.9. The quantitative estimate of drug-likeness (QED) is 0.815. The van der Waals surface area contributed by atoms with Crippen LogP contribution in [-0.2, 0) is 0 Å². The maximum atomic E-state index is 13.9. The molecule has 0 aliphatic heterocycles. The number of hydrogen-bond donors (Lipinski definition) is 2. The predicted molar refractivity (Wildman–Crippen MR) is 70.7 cm³/mol. The van der Waals surface area contributed by atoms with Crippen LogP contribution in [0.4, 0.5) is 4.39 Å². The minimum Gasteiger partial charge on any atom is -0.395 e. The summed E-state index contributed by atoms with van der Waals surface area (Å²) >= 11 is 0. The molecule has 0 aromatic heterocycles. The molecule has 2 rings (SSSR count). The van der Waals surface area contributed by atoms with Crippen LogP contribution in [0.2, 0.25) is 0 Å². The van der Waals surface area contributed by atoms with Crippen LogP contribution in [0.1, 0.15) is 38.3 Å². The number of benzene rings is 1. The fourth-order valence-corrected chi connectivity index (χ4v) is 2.32. The molecule has 3 heteroatoms. The molecule has 1 aliphatic carbocycles. The molecule has 1 saturated carbocycles. The van der Waals surface area contributed by atoms with Gasteiger partial charge in [0.2, 0.25) is 0 Å². The van der Waals surface area contributed by atoms with Crippen molar-refractivity contribution in [3.63, 3.8) is 0 Å². The molecule has 0 bridgehead atoms. The molecule has 18 heavy (non-hydrogen) atoms. The van der Waals surface area contributed by atoms with Crippen LogP contribution in [-0.4, -0.2) is 17.8 Å². The molecule has 0 amide bonds. The molecule has 1 aromatic carbocycles. The van der Waals surface area contributed by atoms with E-state index in [-0.39, 0.29) is 24.5 Å². The van der Waals surface area contributed by atoms with Gasteiger partial charge in [-0.15, -0.1) is 0 Å². The molecule has 0 heterocycles. The smallest absolute Gasteiger partial charge is 0.127 e. The van der Waals surface area contributed by atoms with Crippen molar-refractivity contribution in [1.82, 2.24) is 5.32 Å². The molecule has 0 spiro atoms. The van der Waals surface area contributed by atoms with Gasteiger partial charge >= 0.3 is 0 Å². The standard InChI is InChI=1S/C15H22FNO/c1-10(2)14(9-18)17-15(11-7-8-11)12-5-3-4-6-13(12)16/h3-6,10-11,14-15,17-18H,7-9H2,1-2H3/t14?,15-/m0/s1. The van der Waals surface area contributed by atoms with E-state index in [9.17, 15) is 9.50 Å². The second-order valence-electron chi connectivity index (χ2n) is 5.54. The van der Waals surface area contributed by atoms with Gasteiger partial charge in [0, 0.05) is 17.6 Å². The molecule has 1 aliphatic rings. The highest BCUT2D eigenvalue weighted by atomic mass is 19.1. The minimum atomic E-state index is -0.151. The summed E-state index contributed by atoms with van der Waals surface area (Å²) in [5.74, 6) is 0.695. The lowest BCUT2D eigenvalue weighted by molar-refractivity contribution is 0.193. The molecule has 2 nitrogen and oxygen atoms in total. The highest BCUT2D eigenvalue weighted by Gasteiger charge is 2.35. The molecule has 1 unspecified atom stereocenters. The van der Waals surface area contributed by atoms with Gasteiger partial charge in [-0.1, -0.05) is 32.0 Å². The summed E-state index contributed by atoms with van der Waals surface area (Å²) in [6.07, 6.45) is 2.28. The maximum Gasteiger partial charge on any atom is 0.127 e. The van der Waals surface area contributed by atoms with Crippen LogP contribution >= 0.6 is 0 Å². The summed E-state index contributed by atoms with van der Waals surface area (Å²) in [4.78, 5) is 0. The minimum absolute atomic E-state index is 0.0233. The van der Waals surface area contributed by atoms with Crippen molar-refractivity contribution in [3.05, 3.63) is 35.6 Å². The molecule has 100 valence electrons. The van der Waals surface area contributed by atoms with Gasteiger partial charge in [-0.2, -0.15) is 0 Å². The van der Waals surface area contributed by atoms with E-state index < -0.39 is 0 Å². The highest BCUT2D eigenvalue weighted by molar-refractivity contribution is 5.23. The average Bonchev–Trinajstić information content (AvgIpc) is 3.16. The zero-order chi connectivity index (χ0) is 13.1. The van der Waals surface area contributed by atoms with Crippen molar-refractivity contribution in [1.29, 1.82) is 0 Å². The van der Waals surface area contributed by atoms with Gasteiger partial charge in [0.25, 0.3) is 0 Å². The summed E-state index contributed by atoms with van der Waals surface area (Å²) < 4.78 is 13.9. The zero-order valence-electron chi connectivity index (χ0n) is 11.1. The Bertz CT molecular complexity index is 390. The number of nitrogens with one attached hydrogen (secondary N) is 1. The lowest BCUT2D eigenvalue weighted by atomic mass is 9.97. The average molecular weight is 251 g/mol. The first-order valence-electron chi connectivity index (χ1n) is 6.74. The lowest BCUT2D eigenvalue weighted by Crippen LogP contribution is -2.40. The van der Waals surface area contributed by atoms with Gasteiger partial charge in [-0.05, 0) is 30.7 Å². The molecule has 1 aromatic rings. The zero-order valence-corrected chi connectivity index (χ0v) is 11.1. The number of hydrogen-bond acceptors (Lipinski definition) is 2. The van der Waals surface area contributed by atoms with Crippen LogP contribution in [0.25, 0.3) is 0 Å². The molecule has 0 saturated heterocycles. The van der Waals surface area contributed by atoms with E-state index in [1.165, 1.54) is 6.07 Å². The first-order valence-corrected chi connectivity index (χ1v) is 6.74. The SMILES string of the molecule is CC(C)C(CO)N[C@H](c1ccccc1F)C1CC1. The van der Waals surface area contributed by atoms with Gasteiger partial charge in [0.1, 0.15) is 5.82 Å². The van der Waals surface area contributed by atoms with Gasteiger partial charge in [-0.3, -0.25) is 0 Å². The van der Waals surface area contributed by atoms with Crippen molar-refractivity contribution >= 4 is 0 Å². The number of aliphatic hydroxyl groups is 1. The summed E-state index contributed by atoms with van der Waals surface area (Å²) in [6, 6.07) is 7.00. The van der Waals surface area contributed by atoms with Crippen LogP contribution in [0, 0.1) is 17.7 Å². The molecule has 2 atom stereocenters. The van der Waals surface area contributed by atoms with E-state index in [1.54, 1.807) is 6.07 Å². The third-order valence-electron chi connectivity index (χ3n) is 3.73. The fourth-order valence-electron chi connectivity index (χ4n) is 2.32. The van der Waals surface area contributed by atoms with Crippen molar-refractivity contribution < 1.29 is 9.50 Å². The number of halogens is 1. The Labute approximate surface area is 108 Å². The van der Waals surface area contributed by atoms with Gasteiger partial charge in [0.05, 0.1) is 6.61 Å². The molecular formula is C15H22FNO. The molecule has 2 N–H and O–H groups in total. The summed E-state index contributed by atoms with van der Waals surface area (Å²) in [5, 5.41) is 12.8. The Morgan fingerprint density at radius 3 is 2.50 bits per heavy atom. The fraction of sp³-hybridized carbons (Fsp3) is 0.600. The van der Waals surface area contributed by atoms with Crippen molar-refractivity contribution in [2.45, 2.75) is 38.8 Å². The van der Waals surface area contributed by atoms with Crippen LogP contribution in [0.3, 0.4) is 0 Å². The highest BCUT2D eigenvalue weighted by Crippen LogP contribution is 2.42. The topological polar surface area (TPSA) is 32.3 Å². The monoisotopic (exact) mass is 251 g/mol. The number of aliphatic hydroxyl groups excluding tert-OH is 1. The Hall–Kier alpha value is -0.930. The normalized spacial score (nSPS) is 18.9. The van der Waals surface area contributed by atoms with E-state index in [4.69, 9.17) is 0 Å². The van der Waals surface area contributed by atoms with Gasteiger partial charge < -0.3 is 10.4 Å². The Balaban J connectivity index is 2.16. The van der Waals surface area contributed by atoms with Gasteiger partial charge in [-0.25, -0.2) is 4.39 Å². The van der Waals surface area contributed by atoms with E-state index >= 15 is 0 Å². The van der Waals surface area contributed by atoms with E-state index in [0.29, 0.717) is 11.8 Å². The predicted octanol–water partition coefficient (Wildman–Crippen LogP) is 2.88. The third kappa shape index (κ3) is 3.09. The Morgan fingerprint density at radius 1 is 1.33 bits per heavy atom. The lowest BCUT2D eigenvalue weighted by Gasteiger charge is -2.27. The third-order valence-corrected chi connectivity index (χ3v) is 3.73. The molecule has 0 radical (unpaired) electrons. The van der Waals surface area contributed by atoms with Crippen LogP contribution in [0.15, 0.2) is 24.3 Å². The van der Waals surface area contributed by atoms with E-state index in [1.807, 2.05) is 12.1 Å². The molecular weight excluding hydrogens is 229 g/mol. The van der Waals surface area contributed by atoms with Crippen LogP contribution in [0.5, 0.6) is 0 Å². The number of rotatable bonds is 6. The van der Waals surface area contributed by atoms with E-state index in [0.717, 1.165) is 18.4 Å². The van der Waals surface area contributed by atoms with Crippen LogP contribution < -0.4 is 5.32 Å². The van der Waals surface area contributed by atoms with Crippen molar-refractivity contribution in [3.8, 4) is 0 Å². The first kappa shape index (κ1) is 13.5. The summed E-state index contributed by atoms with van der Waals surface area (Å²) in [5.41, 5.74) is 0.735. The summed E-state index contributed by atoms with van der Waals surface area (Å²) in [6.45, 7) is 4.23. The van der Waals surface area contributed by atoms with Gasteiger partial charge in [0.15, 0.2) is 0 Å². The largest absolute Gasteiger partial charge is 0.395 e. The second kappa shape index (κ2) is 5.81.